The summed E-state index contributed by atoms with van der Waals surface area (Å²) in [6, 6.07) is 6.49. The van der Waals surface area contributed by atoms with Crippen molar-refractivity contribution in [2.45, 2.75) is 62.4 Å². The maximum absolute atomic E-state index is 13.3. The summed E-state index contributed by atoms with van der Waals surface area (Å²) >= 11 is 2.61. The van der Waals surface area contributed by atoms with Crippen molar-refractivity contribution in [3.63, 3.8) is 0 Å². The van der Waals surface area contributed by atoms with Crippen molar-refractivity contribution in [3.05, 3.63) is 39.9 Å². The van der Waals surface area contributed by atoms with Crippen LogP contribution in [0.25, 0.3) is 0 Å². The van der Waals surface area contributed by atoms with Crippen LogP contribution in [0.4, 0.5) is 9.59 Å². The Kier molecular flexibility index (Phi) is 10.1. The van der Waals surface area contributed by atoms with Crippen molar-refractivity contribution in [1.29, 1.82) is 0 Å². The fraction of sp³-hybridized carbons (Fsp3) is 0.524. The summed E-state index contributed by atoms with van der Waals surface area (Å²) in [5.74, 6) is 0. The van der Waals surface area contributed by atoms with Crippen LogP contribution in [0.5, 0.6) is 0 Å². The number of nitrogens with one attached hydrogen (secondary N) is 1. The molecule has 0 aliphatic rings. The number of unbranched alkanes of at least 4 members (excludes halogenated alkanes) is 1. The van der Waals surface area contributed by atoms with Crippen LogP contribution in [0.15, 0.2) is 39.2 Å². The van der Waals surface area contributed by atoms with E-state index in [2.05, 4.69) is 5.32 Å². The molecule has 1 atom stereocenters. The third-order valence-electron chi connectivity index (χ3n) is 4.34. The summed E-state index contributed by atoms with van der Waals surface area (Å²) in [5.41, 5.74) is 4.29. The molecule has 0 unspecified atom stereocenters. The van der Waals surface area contributed by atoms with Gasteiger partial charge in [0, 0.05) is 24.0 Å². The molecule has 184 valence electrons. The number of carbonyl (C=O) groups excluding carboxylic acids is 2. The van der Waals surface area contributed by atoms with Crippen LogP contribution in [0.3, 0.4) is 0 Å². The Morgan fingerprint density at radius 1 is 1.15 bits per heavy atom. The van der Waals surface area contributed by atoms with Gasteiger partial charge in [0.05, 0.1) is 6.61 Å². The molecule has 0 spiro atoms. The quantitative estimate of drug-likeness (QED) is 0.407. The highest BCUT2D eigenvalue weighted by atomic mass is 32.2. The van der Waals surface area contributed by atoms with Crippen molar-refractivity contribution in [2.75, 3.05) is 13.2 Å². The highest BCUT2D eigenvalue weighted by Crippen LogP contribution is 2.25. The van der Waals surface area contributed by atoms with Gasteiger partial charge in [0.1, 0.15) is 9.81 Å². The molecule has 3 N–H and O–H groups in total. The van der Waals surface area contributed by atoms with Gasteiger partial charge < -0.3 is 20.5 Å². The lowest BCUT2D eigenvalue weighted by atomic mass is 10.1. The van der Waals surface area contributed by atoms with Gasteiger partial charge in [0.15, 0.2) is 0 Å². The van der Waals surface area contributed by atoms with Crippen LogP contribution in [-0.4, -0.2) is 49.7 Å². The summed E-state index contributed by atoms with van der Waals surface area (Å²) in [6.07, 6.45) is 0.105. The first-order valence-electron chi connectivity index (χ1n) is 10.4. The molecule has 2 heterocycles. The van der Waals surface area contributed by atoms with E-state index in [1.165, 1.54) is 15.6 Å². The van der Waals surface area contributed by atoms with Gasteiger partial charge >= 0.3 is 12.2 Å². The standard InChI is InChI=1S/C21H31N3O6S3/c1-21(2,3)30-20(26)23-16(8-4-5-11-29-19(22)25)14-24(15-17-9-6-12-31-17)33(27,28)18-10-7-13-32-18/h6-7,9-10,12-13,16H,4-5,8,11,14-15H2,1-3H3,(H2,22,25)(H,23,26)/t16-/m0/s1. The van der Waals surface area contributed by atoms with Gasteiger partial charge in [-0.3, -0.25) is 0 Å². The molecule has 0 fully saturated rings. The minimum atomic E-state index is -3.77. The summed E-state index contributed by atoms with van der Waals surface area (Å²) in [5, 5.41) is 6.41. The molecule has 0 saturated heterocycles. The number of hydrogen-bond donors (Lipinski definition) is 2. The Bertz CT molecular complexity index is 970. The van der Waals surface area contributed by atoms with Crippen LogP contribution in [0, 0.1) is 0 Å². The fourth-order valence-electron chi connectivity index (χ4n) is 2.96. The first kappa shape index (κ1) is 27.1. The molecule has 2 aromatic heterocycles. The van der Waals surface area contributed by atoms with E-state index in [0.717, 1.165) is 16.2 Å². The third kappa shape index (κ3) is 9.70. The molecule has 2 aromatic rings. The van der Waals surface area contributed by atoms with Crippen LogP contribution in [0.1, 0.15) is 44.9 Å². The minimum Gasteiger partial charge on any atom is -0.450 e. The van der Waals surface area contributed by atoms with Crippen LogP contribution < -0.4 is 11.1 Å². The number of rotatable bonds is 12. The average molecular weight is 518 g/mol. The van der Waals surface area contributed by atoms with E-state index in [-0.39, 0.29) is 23.9 Å². The van der Waals surface area contributed by atoms with Crippen molar-refractivity contribution in [1.82, 2.24) is 9.62 Å². The molecule has 12 heteroatoms. The zero-order chi connectivity index (χ0) is 24.5. The molecule has 2 amide bonds. The van der Waals surface area contributed by atoms with E-state index >= 15 is 0 Å². The molecule has 2 rings (SSSR count). The van der Waals surface area contributed by atoms with Crippen LogP contribution in [-0.2, 0) is 26.0 Å². The number of ether oxygens (including phenoxy) is 2. The van der Waals surface area contributed by atoms with Gasteiger partial charge in [0.25, 0.3) is 10.0 Å². The summed E-state index contributed by atoms with van der Waals surface area (Å²) < 4.78 is 38.4. The summed E-state index contributed by atoms with van der Waals surface area (Å²) in [7, 11) is -3.77. The summed E-state index contributed by atoms with van der Waals surface area (Å²) in [4.78, 5) is 24.1. The fourth-order valence-corrected chi connectivity index (χ4v) is 6.37. The van der Waals surface area contributed by atoms with Gasteiger partial charge in [0.2, 0.25) is 0 Å². The molecular weight excluding hydrogens is 486 g/mol. The van der Waals surface area contributed by atoms with E-state index in [1.54, 1.807) is 38.3 Å². The zero-order valence-electron chi connectivity index (χ0n) is 19.0. The highest BCUT2D eigenvalue weighted by Gasteiger charge is 2.30. The Hall–Kier alpha value is -2.15. The number of amides is 2. The van der Waals surface area contributed by atoms with Gasteiger partial charge in [-0.1, -0.05) is 12.1 Å². The first-order chi connectivity index (χ1) is 15.5. The van der Waals surface area contributed by atoms with Crippen LogP contribution in [0.2, 0.25) is 0 Å². The van der Waals surface area contributed by atoms with Gasteiger partial charge in [-0.05, 0) is 62.9 Å². The Morgan fingerprint density at radius 2 is 1.85 bits per heavy atom. The molecule has 33 heavy (non-hydrogen) atoms. The molecular formula is C21H31N3O6S3. The van der Waals surface area contributed by atoms with Crippen molar-refractivity contribution < 1.29 is 27.5 Å². The topological polar surface area (TPSA) is 128 Å². The second kappa shape index (κ2) is 12.4. The molecule has 0 bridgehead atoms. The Labute approximate surface area is 202 Å². The number of nitrogens with two attached hydrogens (primary N) is 1. The van der Waals surface area contributed by atoms with Crippen molar-refractivity contribution in [3.8, 4) is 0 Å². The SMILES string of the molecule is CC(C)(C)OC(=O)N[C@@H](CCCCOC(N)=O)CN(Cc1cccs1)S(=O)(=O)c1cccs1. The molecule has 0 radical (unpaired) electrons. The molecule has 9 nitrogen and oxygen atoms in total. The van der Waals surface area contributed by atoms with Gasteiger partial charge in [-0.15, -0.1) is 22.7 Å². The number of nitrogens with zero attached hydrogens (tertiary/aromatic N) is 1. The summed E-state index contributed by atoms with van der Waals surface area (Å²) in [6.45, 7) is 5.68. The van der Waals surface area contributed by atoms with E-state index in [0.29, 0.717) is 19.3 Å². The minimum absolute atomic E-state index is 0.0635. The maximum atomic E-state index is 13.3. The van der Waals surface area contributed by atoms with Crippen molar-refractivity contribution in [2.24, 2.45) is 5.73 Å². The van der Waals surface area contributed by atoms with Gasteiger partial charge in [-0.25, -0.2) is 18.0 Å². The smallest absolute Gasteiger partial charge is 0.407 e. The van der Waals surface area contributed by atoms with E-state index in [9.17, 15) is 18.0 Å². The number of carbonyl (C=O) groups is 2. The van der Waals surface area contributed by atoms with E-state index in [1.807, 2.05) is 17.5 Å². The number of sulfonamides is 1. The average Bonchev–Trinajstić information content (AvgIpc) is 3.39. The first-order valence-corrected chi connectivity index (χ1v) is 13.6. The predicted octanol–water partition coefficient (Wildman–Crippen LogP) is 4.16. The number of alkyl carbamates (subject to hydrolysis) is 1. The lowest BCUT2D eigenvalue weighted by Crippen LogP contribution is -2.46. The molecule has 0 aliphatic carbocycles. The second-order valence-corrected chi connectivity index (χ2v) is 12.5. The zero-order valence-corrected chi connectivity index (χ0v) is 21.4. The predicted molar refractivity (Wildman–Crippen MR) is 129 cm³/mol. The monoisotopic (exact) mass is 517 g/mol. The number of hydrogen-bond acceptors (Lipinski definition) is 8. The second-order valence-electron chi connectivity index (χ2n) is 8.32. The molecule has 0 saturated carbocycles. The Morgan fingerprint density at radius 3 is 2.42 bits per heavy atom. The number of thiophene rings is 2. The highest BCUT2D eigenvalue weighted by molar-refractivity contribution is 7.91. The largest absolute Gasteiger partial charge is 0.450 e. The lowest BCUT2D eigenvalue weighted by Gasteiger charge is -2.28. The van der Waals surface area contributed by atoms with E-state index < -0.39 is 33.9 Å². The molecule has 0 aromatic carbocycles. The Balaban J connectivity index is 2.18. The number of primary amides is 1. The van der Waals surface area contributed by atoms with Crippen molar-refractivity contribution >= 4 is 44.9 Å². The third-order valence-corrected chi connectivity index (χ3v) is 8.38. The lowest BCUT2D eigenvalue weighted by molar-refractivity contribution is 0.0494. The normalized spacial score (nSPS) is 13.0. The van der Waals surface area contributed by atoms with Gasteiger partial charge in [-0.2, -0.15) is 4.31 Å². The van der Waals surface area contributed by atoms with Crippen LogP contribution >= 0.6 is 22.7 Å². The van der Waals surface area contributed by atoms with E-state index in [4.69, 9.17) is 15.2 Å². The molecule has 0 aliphatic heterocycles. The maximum Gasteiger partial charge on any atom is 0.407 e.